The first kappa shape index (κ1) is 31.8. The molecule has 3 aromatic carbocycles. The van der Waals surface area contributed by atoms with Crippen molar-refractivity contribution in [1.29, 1.82) is 0 Å². The fourth-order valence-corrected chi connectivity index (χ4v) is 5.13. The van der Waals surface area contributed by atoms with E-state index < -0.39 is 28.5 Å². The van der Waals surface area contributed by atoms with Gasteiger partial charge in [0.2, 0.25) is 21.8 Å². The number of carbonyl (C=O) groups is 2. The predicted octanol–water partition coefficient (Wildman–Crippen LogP) is 4.26. The van der Waals surface area contributed by atoms with Crippen molar-refractivity contribution in [2.75, 3.05) is 26.5 Å². The Morgan fingerprint density at radius 3 is 1.93 bits per heavy atom. The molecular formula is C32H41N3O5S. The van der Waals surface area contributed by atoms with E-state index in [0.717, 1.165) is 33.7 Å². The highest BCUT2D eigenvalue weighted by atomic mass is 32.2. The van der Waals surface area contributed by atoms with Gasteiger partial charge in [0.1, 0.15) is 11.8 Å². The molecule has 0 spiro atoms. The number of nitrogens with one attached hydrogen (secondary N) is 1. The molecule has 0 saturated carbocycles. The second-order valence-corrected chi connectivity index (χ2v) is 12.5. The molecule has 0 aliphatic heterocycles. The summed E-state index contributed by atoms with van der Waals surface area (Å²) in [5.74, 6) is 0.346. The third kappa shape index (κ3) is 10.3. The van der Waals surface area contributed by atoms with E-state index in [9.17, 15) is 18.0 Å². The van der Waals surface area contributed by atoms with Crippen LogP contribution in [-0.2, 0) is 39.1 Å². The van der Waals surface area contributed by atoms with Crippen molar-refractivity contribution in [3.63, 3.8) is 0 Å². The van der Waals surface area contributed by atoms with Gasteiger partial charge in [0.25, 0.3) is 0 Å². The fraction of sp³-hybridized carbons (Fsp3) is 0.375. The van der Waals surface area contributed by atoms with E-state index in [4.69, 9.17) is 4.74 Å². The van der Waals surface area contributed by atoms with E-state index in [1.54, 1.807) is 19.2 Å². The second-order valence-electron chi connectivity index (χ2n) is 10.6. The molecule has 0 unspecified atom stereocenters. The van der Waals surface area contributed by atoms with Crippen molar-refractivity contribution in [1.82, 2.24) is 14.5 Å². The lowest BCUT2D eigenvalue weighted by atomic mass is 10.0. The highest BCUT2D eigenvalue weighted by Crippen LogP contribution is 2.19. The average Bonchev–Trinajstić information content (AvgIpc) is 2.95. The summed E-state index contributed by atoms with van der Waals surface area (Å²) in [5.41, 5.74) is 2.45. The van der Waals surface area contributed by atoms with Crippen molar-refractivity contribution in [3.05, 3.63) is 102 Å². The van der Waals surface area contributed by atoms with Gasteiger partial charge in [0.05, 0.1) is 19.9 Å². The Hall–Kier alpha value is -3.69. The van der Waals surface area contributed by atoms with Crippen molar-refractivity contribution in [3.8, 4) is 5.75 Å². The van der Waals surface area contributed by atoms with Crippen LogP contribution in [0.3, 0.4) is 0 Å². The Balaban J connectivity index is 1.97. The summed E-state index contributed by atoms with van der Waals surface area (Å²) < 4.78 is 32.0. The largest absolute Gasteiger partial charge is 0.497 e. The van der Waals surface area contributed by atoms with Crippen LogP contribution in [0, 0.1) is 5.92 Å². The zero-order valence-electron chi connectivity index (χ0n) is 24.3. The third-order valence-corrected chi connectivity index (χ3v) is 7.98. The Bertz CT molecular complexity index is 1350. The van der Waals surface area contributed by atoms with E-state index in [1.165, 1.54) is 4.90 Å². The van der Waals surface area contributed by atoms with Gasteiger partial charge < -0.3 is 15.0 Å². The van der Waals surface area contributed by atoms with Gasteiger partial charge in [-0.15, -0.1) is 0 Å². The lowest BCUT2D eigenvalue weighted by molar-refractivity contribution is -0.141. The summed E-state index contributed by atoms with van der Waals surface area (Å²) in [5, 5.41) is 3.01. The molecule has 3 rings (SSSR count). The maximum absolute atomic E-state index is 14.1. The molecule has 8 nitrogen and oxygen atoms in total. The molecule has 220 valence electrons. The van der Waals surface area contributed by atoms with E-state index in [0.29, 0.717) is 18.2 Å². The average molecular weight is 580 g/mol. The Morgan fingerprint density at radius 2 is 1.39 bits per heavy atom. The zero-order chi connectivity index (χ0) is 29.8. The van der Waals surface area contributed by atoms with Crippen molar-refractivity contribution >= 4 is 21.8 Å². The molecular weight excluding hydrogens is 538 g/mol. The molecule has 0 radical (unpaired) electrons. The van der Waals surface area contributed by atoms with Gasteiger partial charge in [0, 0.05) is 26.1 Å². The molecule has 0 aliphatic rings. The van der Waals surface area contributed by atoms with Gasteiger partial charge in [-0.05, 0) is 41.2 Å². The lowest BCUT2D eigenvalue weighted by Gasteiger charge is -2.33. The van der Waals surface area contributed by atoms with Crippen molar-refractivity contribution in [2.24, 2.45) is 5.92 Å². The van der Waals surface area contributed by atoms with Gasteiger partial charge in [-0.25, -0.2) is 8.42 Å². The minimum atomic E-state index is -3.73. The molecule has 3 aromatic rings. The number of nitrogens with zero attached hydrogens (tertiary/aromatic N) is 2. The monoisotopic (exact) mass is 579 g/mol. The van der Waals surface area contributed by atoms with E-state index in [1.807, 2.05) is 72.8 Å². The number of ether oxygens (including phenoxy) is 1. The molecule has 1 atom stereocenters. The number of carbonyl (C=O) groups excluding carboxylic acids is 2. The van der Waals surface area contributed by atoms with Crippen LogP contribution in [0.4, 0.5) is 0 Å². The third-order valence-electron chi connectivity index (χ3n) is 6.79. The first-order chi connectivity index (χ1) is 19.6. The minimum absolute atomic E-state index is 0.0473. The molecule has 0 saturated heterocycles. The molecule has 0 heterocycles. The molecule has 0 aromatic heterocycles. The van der Waals surface area contributed by atoms with Gasteiger partial charge in [0.15, 0.2) is 0 Å². The first-order valence-electron chi connectivity index (χ1n) is 13.8. The van der Waals surface area contributed by atoms with Gasteiger partial charge in [-0.3, -0.25) is 9.59 Å². The molecule has 0 aliphatic carbocycles. The number of rotatable bonds is 15. The van der Waals surface area contributed by atoms with Crippen LogP contribution in [0.5, 0.6) is 5.75 Å². The summed E-state index contributed by atoms with van der Waals surface area (Å²) in [7, 11) is -2.16. The van der Waals surface area contributed by atoms with Crippen LogP contribution in [0.15, 0.2) is 84.9 Å². The van der Waals surface area contributed by atoms with E-state index >= 15 is 0 Å². The van der Waals surface area contributed by atoms with Crippen LogP contribution in [0.1, 0.15) is 37.0 Å². The molecule has 41 heavy (non-hydrogen) atoms. The lowest BCUT2D eigenvalue weighted by Crippen LogP contribution is -2.53. The maximum Gasteiger partial charge on any atom is 0.243 e. The highest BCUT2D eigenvalue weighted by molar-refractivity contribution is 7.88. The number of sulfonamides is 1. The summed E-state index contributed by atoms with van der Waals surface area (Å²) in [6.45, 7) is 4.43. The Morgan fingerprint density at radius 1 is 0.829 bits per heavy atom. The quantitative estimate of drug-likeness (QED) is 0.290. The van der Waals surface area contributed by atoms with Crippen LogP contribution < -0.4 is 10.1 Å². The van der Waals surface area contributed by atoms with Crippen molar-refractivity contribution < 1.29 is 22.7 Å². The zero-order valence-corrected chi connectivity index (χ0v) is 25.1. The topological polar surface area (TPSA) is 96.0 Å². The van der Waals surface area contributed by atoms with Crippen LogP contribution in [0.2, 0.25) is 0 Å². The van der Waals surface area contributed by atoms with E-state index in [-0.39, 0.29) is 25.4 Å². The normalized spacial score (nSPS) is 12.2. The SMILES string of the molecule is COc1ccc(CN(C(=O)CN(Cc2ccccc2)S(C)(=O)=O)[C@@H](Cc2ccccc2)C(=O)NCCC(C)C)cc1. The van der Waals surface area contributed by atoms with Gasteiger partial charge in [-0.2, -0.15) is 4.31 Å². The van der Waals surface area contributed by atoms with Gasteiger partial charge >= 0.3 is 0 Å². The van der Waals surface area contributed by atoms with Crippen LogP contribution in [-0.4, -0.2) is 61.9 Å². The Kier molecular flexibility index (Phi) is 11.9. The molecule has 1 N–H and O–H groups in total. The second kappa shape index (κ2) is 15.3. The number of hydrogen-bond acceptors (Lipinski definition) is 5. The number of benzene rings is 3. The standard InChI is InChI=1S/C32H41N3O5S/c1-25(2)19-20-33-32(37)30(21-26-11-7-5-8-12-26)35(23-28-15-17-29(40-3)18-16-28)31(36)24-34(41(4,38)39)22-27-13-9-6-10-14-27/h5-18,25,30H,19-24H2,1-4H3,(H,33,37)/t30-/m0/s1. The maximum atomic E-state index is 14.1. The minimum Gasteiger partial charge on any atom is -0.497 e. The number of hydrogen-bond donors (Lipinski definition) is 1. The first-order valence-corrected chi connectivity index (χ1v) is 15.6. The summed E-state index contributed by atoms with van der Waals surface area (Å²) in [6.07, 6.45) is 2.18. The molecule has 2 amide bonds. The summed E-state index contributed by atoms with van der Waals surface area (Å²) in [6, 6.07) is 25.1. The molecule has 0 bridgehead atoms. The van der Waals surface area contributed by atoms with Gasteiger partial charge in [-0.1, -0.05) is 86.6 Å². The van der Waals surface area contributed by atoms with Crippen molar-refractivity contribution in [2.45, 2.75) is 45.8 Å². The summed E-state index contributed by atoms with van der Waals surface area (Å²) in [4.78, 5) is 29.2. The number of methoxy groups -OCH3 is 1. The van der Waals surface area contributed by atoms with Crippen LogP contribution in [0.25, 0.3) is 0 Å². The molecule has 0 fully saturated rings. The molecule has 9 heteroatoms. The van der Waals surface area contributed by atoms with E-state index in [2.05, 4.69) is 19.2 Å². The highest BCUT2D eigenvalue weighted by Gasteiger charge is 2.32. The smallest absolute Gasteiger partial charge is 0.243 e. The number of amides is 2. The Labute approximate surface area is 244 Å². The predicted molar refractivity (Wildman–Crippen MR) is 162 cm³/mol. The van der Waals surface area contributed by atoms with Crippen LogP contribution >= 0.6 is 0 Å². The fourth-order valence-electron chi connectivity index (χ4n) is 4.40. The summed E-state index contributed by atoms with van der Waals surface area (Å²) >= 11 is 0.